The third-order valence-electron chi connectivity index (χ3n) is 5.79. The van der Waals surface area contributed by atoms with Crippen LogP contribution in [0.1, 0.15) is 41.5 Å². The number of hydrogen-bond acceptors (Lipinski definition) is 10. The average molecular weight is 560 g/mol. The summed E-state index contributed by atoms with van der Waals surface area (Å²) in [6.45, 7) is 4.22. The Labute approximate surface area is 227 Å². The zero-order valence-corrected chi connectivity index (χ0v) is 22.8. The van der Waals surface area contributed by atoms with Crippen LogP contribution < -0.4 is 4.74 Å². The Balaban J connectivity index is 1.81. The van der Waals surface area contributed by atoms with Crippen molar-refractivity contribution in [2.24, 2.45) is 0 Å². The third kappa shape index (κ3) is 6.11. The first-order valence-corrected chi connectivity index (χ1v) is 14.2. The predicted octanol–water partition coefficient (Wildman–Crippen LogP) is 4.03. The molecule has 11 heteroatoms. The van der Waals surface area contributed by atoms with Gasteiger partial charge in [-0.3, -0.25) is 28.9 Å². The molecule has 8 nitrogen and oxygen atoms in total. The molecule has 0 aromatic heterocycles. The molecule has 2 heterocycles. The van der Waals surface area contributed by atoms with Crippen molar-refractivity contribution in [2.75, 3.05) is 5.75 Å². The molecule has 2 aliphatic rings. The summed E-state index contributed by atoms with van der Waals surface area (Å²) in [5.41, 5.74) is 0.505. The first-order chi connectivity index (χ1) is 17.7. The van der Waals surface area contributed by atoms with Crippen LogP contribution >= 0.6 is 35.3 Å². The van der Waals surface area contributed by atoms with Crippen LogP contribution in [0.3, 0.4) is 0 Å². The Morgan fingerprint density at radius 1 is 0.811 bits per heavy atom. The smallest absolute Gasteiger partial charge is 0.262 e. The molecule has 194 valence electrons. The number of imide groups is 1. The quantitative estimate of drug-likeness (QED) is 0.462. The summed E-state index contributed by atoms with van der Waals surface area (Å²) < 4.78 is 12.5. The lowest BCUT2D eigenvalue weighted by molar-refractivity contribution is -0.163. The van der Waals surface area contributed by atoms with Gasteiger partial charge >= 0.3 is 0 Å². The van der Waals surface area contributed by atoms with E-state index in [0.29, 0.717) is 5.75 Å². The lowest BCUT2D eigenvalue weighted by Gasteiger charge is -2.47. The molecule has 2 aromatic rings. The third-order valence-corrected chi connectivity index (χ3v) is 9.24. The van der Waals surface area contributed by atoms with E-state index in [2.05, 4.69) is 0 Å². The van der Waals surface area contributed by atoms with Crippen molar-refractivity contribution < 1.29 is 33.4 Å². The standard InChI is InChI=1S/C26H25NO7S3/c1-14(28)35-13-20-22(36-15(2)29)23(37-16(3)30)21(26(34-20)33-17-9-5-4-6-10-17)27-24(31)18-11-7-8-12-19(18)25(27)32/h4-12,20-23,26H,13H2,1-3H3/t20-,21+,22+,23+,26+/m1/s1. The van der Waals surface area contributed by atoms with E-state index in [0.717, 1.165) is 40.2 Å². The number of thioether (sulfide) groups is 3. The van der Waals surface area contributed by atoms with Crippen LogP contribution in [0.15, 0.2) is 54.6 Å². The summed E-state index contributed by atoms with van der Waals surface area (Å²) in [4.78, 5) is 64.7. The van der Waals surface area contributed by atoms with E-state index in [1.807, 2.05) is 6.07 Å². The fraction of sp³-hybridized carbons (Fsp3) is 0.346. The molecule has 0 unspecified atom stereocenters. The summed E-state index contributed by atoms with van der Waals surface area (Å²) in [5, 5.41) is -1.98. The van der Waals surface area contributed by atoms with Gasteiger partial charge in [0.25, 0.3) is 11.8 Å². The Hall–Kier alpha value is -2.60. The molecule has 5 atom stereocenters. The van der Waals surface area contributed by atoms with Gasteiger partial charge in [-0.1, -0.05) is 65.6 Å². The zero-order chi connectivity index (χ0) is 26.7. The first-order valence-electron chi connectivity index (χ1n) is 11.5. The van der Waals surface area contributed by atoms with E-state index in [9.17, 15) is 24.0 Å². The van der Waals surface area contributed by atoms with Crippen LogP contribution in [-0.4, -0.2) is 66.7 Å². The minimum atomic E-state index is -1.15. The monoisotopic (exact) mass is 559 g/mol. The molecular weight excluding hydrogens is 534 g/mol. The van der Waals surface area contributed by atoms with Gasteiger partial charge in [0.1, 0.15) is 11.8 Å². The van der Waals surface area contributed by atoms with Gasteiger partial charge in [-0.15, -0.1) is 0 Å². The second kappa shape index (κ2) is 11.8. The van der Waals surface area contributed by atoms with E-state index in [1.165, 1.54) is 20.8 Å². The lowest BCUT2D eigenvalue weighted by atomic mass is 10.0. The number of para-hydroxylation sites is 1. The SMILES string of the molecule is CC(=O)SC[C@H]1O[C@H](Oc2ccccc2)[C@@H](N2C(=O)c3ccccc3C2=O)[C@H](SC(C)=O)[C@H]1SC(C)=O. The largest absolute Gasteiger partial charge is 0.463 e. The summed E-state index contributed by atoms with van der Waals surface area (Å²) in [6.07, 6.45) is -1.83. The van der Waals surface area contributed by atoms with Crippen molar-refractivity contribution in [1.82, 2.24) is 4.90 Å². The number of carbonyl (C=O) groups excluding carboxylic acids is 5. The maximum absolute atomic E-state index is 13.5. The molecule has 2 amide bonds. The van der Waals surface area contributed by atoms with Gasteiger partial charge in [0.2, 0.25) is 6.29 Å². The topological polar surface area (TPSA) is 107 Å². The molecule has 2 aliphatic heterocycles. The van der Waals surface area contributed by atoms with Gasteiger partial charge in [-0.05, 0) is 24.3 Å². The van der Waals surface area contributed by atoms with Gasteiger partial charge in [0, 0.05) is 26.5 Å². The number of benzene rings is 2. The van der Waals surface area contributed by atoms with E-state index in [4.69, 9.17) is 9.47 Å². The maximum Gasteiger partial charge on any atom is 0.262 e. The van der Waals surface area contributed by atoms with E-state index < -0.39 is 40.8 Å². The van der Waals surface area contributed by atoms with Gasteiger partial charge < -0.3 is 9.47 Å². The highest BCUT2D eigenvalue weighted by atomic mass is 32.2. The Kier molecular flexibility index (Phi) is 8.79. The summed E-state index contributed by atoms with van der Waals surface area (Å²) in [6, 6.07) is 14.3. The highest BCUT2D eigenvalue weighted by Crippen LogP contribution is 2.43. The summed E-state index contributed by atoms with van der Waals surface area (Å²) >= 11 is 2.96. The summed E-state index contributed by atoms with van der Waals surface area (Å²) in [7, 11) is 0. The van der Waals surface area contributed by atoms with Gasteiger partial charge in [0.15, 0.2) is 15.3 Å². The van der Waals surface area contributed by atoms with Crippen LogP contribution in [0.5, 0.6) is 5.75 Å². The Bertz CT molecular complexity index is 1190. The number of rotatable bonds is 7. The lowest BCUT2D eigenvalue weighted by Crippen LogP contribution is -2.65. The average Bonchev–Trinajstić information content (AvgIpc) is 3.10. The first kappa shape index (κ1) is 27.4. The van der Waals surface area contributed by atoms with Crippen molar-refractivity contribution in [3.63, 3.8) is 0 Å². The number of ether oxygens (including phenoxy) is 2. The van der Waals surface area contributed by atoms with E-state index >= 15 is 0 Å². The number of carbonyl (C=O) groups is 5. The van der Waals surface area contributed by atoms with E-state index in [-0.39, 0.29) is 32.2 Å². The van der Waals surface area contributed by atoms with Crippen LogP contribution in [0, 0.1) is 0 Å². The second-order valence-electron chi connectivity index (χ2n) is 8.44. The van der Waals surface area contributed by atoms with Crippen molar-refractivity contribution in [1.29, 1.82) is 0 Å². The molecule has 2 aromatic carbocycles. The van der Waals surface area contributed by atoms with Crippen molar-refractivity contribution in [2.45, 2.75) is 49.7 Å². The van der Waals surface area contributed by atoms with Crippen molar-refractivity contribution >= 4 is 62.4 Å². The van der Waals surface area contributed by atoms with Gasteiger partial charge in [0.05, 0.1) is 27.7 Å². The zero-order valence-electron chi connectivity index (χ0n) is 20.3. The Morgan fingerprint density at radius 2 is 1.35 bits per heavy atom. The fourth-order valence-corrected chi connectivity index (χ4v) is 7.58. The highest BCUT2D eigenvalue weighted by molar-refractivity contribution is 8.17. The number of amides is 2. The molecular formula is C26H25NO7S3. The van der Waals surface area contributed by atoms with Gasteiger partial charge in [-0.25, -0.2) is 0 Å². The van der Waals surface area contributed by atoms with Gasteiger partial charge in [-0.2, -0.15) is 0 Å². The minimum Gasteiger partial charge on any atom is -0.463 e. The molecule has 1 saturated heterocycles. The minimum absolute atomic E-state index is 0.131. The molecule has 0 saturated carbocycles. The number of fused-ring (bicyclic) bond motifs is 1. The predicted molar refractivity (Wildman–Crippen MR) is 144 cm³/mol. The normalized spacial score (nSPS) is 25.1. The second-order valence-corrected chi connectivity index (χ2v) is 12.3. The molecule has 0 aliphatic carbocycles. The molecule has 0 radical (unpaired) electrons. The fourth-order valence-electron chi connectivity index (χ4n) is 4.37. The van der Waals surface area contributed by atoms with Crippen LogP contribution in [-0.2, 0) is 19.1 Å². The molecule has 0 N–H and O–H groups in total. The highest BCUT2D eigenvalue weighted by Gasteiger charge is 2.55. The number of hydrogen-bond donors (Lipinski definition) is 0. The molecule has 1 fully saturated rings. The summed E-state index contributed by atoms with van der Waals surface area (Å²) in [5.74, 6) is -0.392. The van der Waals surface area contributed by atoms with Crippen molar-refractivity contribution in [3.05, 3.63) is 65.7 Å². The molecule has 0 bridgehead atoms. The van der Waals surface area contributed by atoms with Crippen LogP contribution in [0.4, 0.5) is 0 Å². The Morgan fingerprint density at radius 3 is 1.89 bits per heavy atom. The number of nitrogens with zero attached hydrogens (tertiary/aromatic N) is 1. The van der Waals surface area contributed by atoms with Crippen LogP contribution in [0.2, 0.25) is 0 Å². The molecule has 0 spiro atoms. The molecule has 4 rings (SSSR count). The van der Waals surface area contributed by atoms with Crippen molar-refractivity contribution in [3.8, 4) is 5.75 Å². The maximum atomic E-state index is 13.5. The van der Waals surface area contributed by atoms with Crippen LogP contribution in [0.25, 0.3) is 0 Å². The molecule has 37 heavy (non-hydrogen) atoms. The van der Waals surface area contributed by atoms with E-state index in [1.54, 1.807) is 48.5 Å².